The molecule has 0 saturated carbocycles. The fraction of sp³-hybridized carbons (Fsp3) is 0.250. The zero-order chi connectivity index (χ0) is 18.8. The van der Waals surface area contributed by atoms with Crippen LogP contribution in [0.4, 0.5) is 0 Å². The third-order valence-electron chi connectivity index (χ3n) is 3.56. The summed E-state index contributed by atoms with van der Waals surface area (Å²) in [7, 11) is 3.17. The molecule has 4 nitrogen and oxygen atoms in total. The smallest absolute Gasteiger partial charge is 0.244 e. The quantitative estimate of drug-likeness (QED) is 0.507. The molecule has 0 spiro atoms. The summed E-state index contributed by atoms with van der Waals surface area (Å²) in [5.74, 6) is 2.92. The second-order valence-electron chi connectivity index (χ2n) is 5.42. The lowest BCUT2D eigenvalue weighted by Crippen LogP contribution is -2.23. The van der Waals surface area contributed by atoms with Crippen LogP contribution in [0.15, 0.2) is 48.5 Å². The molecule has 0 heterocycles. The largest absolute Gasteiger partial charge is 0.493 e. The first-order valence-corrected chi connectivity index (χ1v) is 9.66. The van der Waals surface area contributed by atoms with Crippen LogP contribution < -0.4 is 14.8 Å². The minimum Gasteiger partial charge on any atom is -0.493 e. The Morgan fingerprint density at radius 3 is 2.54 bits per heavy atom. The topological polar surface area (TPSA) is 47.6 Å². The molecular formula is C20H22ClNO3S. The van der Waals surface area contributed by atoms with E-state index >= 15 is 0 Å². The highest BCUT2D eigenvalue weighted by Crippen LogP contribution is 2.27. The van der Waals surface area contributed by atoms with Crippen LogP contribution in [-0.4, -0.2) is 32.4 Å². The molecule has 0 aliphatic rings. The lowest BCUT2D eigenvalue weighted by atomic mass is 10.2. The fourth-order valence-electron chi connectivity index (χ4n) is 2.20. The number of carbonyl (C=O) groups excluding carboxylic acids is 1. The van der Waals surface area contributed by atoms with Gasteiger partial charge in [0.2, 0.25) is 5.91 Å². The number of hydrogen-bond donors (Lipinski definition) is 1. The van der Waals surface area contributed by atoms with Crippen molar-refractivity contribution in [2.24, 2.45) is 0 Å². The van der Waals surface area contributed by atoms with Gasteiger partial charge in [-0.1, -0.05) is 29.8 Å². The van der Waals surface area contributed by atoms with E-state index in [0.29, 0.717) is 18.0 Å². The van der Waals surface area contributed by atoms with Gasteiger partial charge >= 0.3 is 0 Å². The van der Waals surface area contributed by atoms with E-state index in [2.05, 4.69) is 5.32 Å². The number of carbonyl (C=O) groups is 1. The van der Waals surface area contributed by atoms with Crippen molar-refractivity contribution in [2.45, 2.75) is 5.75 Å². The summed E-state index contributed by atoms with van der Waals surface area (Å²) in [6.45, 7) is 0.618. The highest BCUT2D eigenvalue weighted by Gasteiger charge is 2.03. The van der Waals surface area contributed by atoms with Gasteiger partial charge in [-0.15, -0.1) is 0 Å². The van der Waals surface area contributed by atoms with E-state index in [1.165, 1.54) is 11.6 Å². The van der Waals surface area contributed by atoms with Crippen molar-refractivity contribution in [1.29, 1.82) is 0 Å². The van der Waals surface area contributed by atoms with Crippen LogP contribution in [-0.2, 0) is 10.5 Å². The number of benzene rings is 2. The van der Waals surface area contributed by atoms with Crippen molar-refractivity contribution in [2.75, 3.05) is 26.5 Å². The van der Waals surface area contributed by atoms with Crippen molar-refractivity contribution in [1.82, 2.24) is 5.32 Å². The summed E-state index contributed by atoms with van der Waals surface area (Å²) in [6.07, 6.45) is 3.27. The Morgan fingerprint density at radius 1 is 1.12 bits per heavy atom. The number of thioether (sulfide) groups is 1. The van der Waals surface area contributed by atoms with E-state index in [4.69, 9.17) is 21.1 Å². The highest BCUT2D eigenvalue weighted by molar-refractivity contribution is 7.98. The van der Waals surface area contributed by atoms with Crippen LogP contribution in [0.3, 0.4) is 0 Å². The lowest BCUT2D eigenvalue weighted by Gasteiger charge is -2.07. The molecule has 0 aliphatic heterocycles. The van der Waals surface area contributed by atoms with Gasteiger partial charge in [0, 0.05) is 29.1 Å². The van der Waals surface area contributed by atoms with Gasteiger partial charge in [0.15, 0.2) is 11.5 Å². The zero-order valence-corrected chi connectivity index (χ0v) is 16.4. The molecule has 0 aliphatic carbocycles. The molecule has 26 heavy (non-hydrogen) atoms. The molecule has 6 heteroatoms. The third-order valence-corrected chi connectivity index (χ3v) is 4.84. The van der Waals surface area contributed by atoms with Crippen LogP contribution in [0.2, 0.25) is 5.02 Å². The van der Waals surface area contributed by atoms with Crippen LogP contribution in [0.5, 0.6) is 11.5 Å². The maximum atomic E-state index is 11.9. The van der Waals surface area contributed by atoms with E-state index in [9.17, 15) is 4.79 Å². The molecular weight excluding hydrogens is 370 g/mol. The maximum absolute atomic E-state index is 11.9. The van der Waals surface area contributed by atoms with Gasteiger partial charge in [0.25, 0.3) is 0 Å². The Bertz CT molecular complexity index is 747. The Hall–Kier alpha value is -2.11. The van der Waals surface area contributed by atoms with Gasteiger partial charge in [-0.3, -0.25) is 4.79 Å². The second kappa shape index (κ2) is 10.8. The summed E-state index contributed by atoms with van der Waals surface area (Å²) < 4.78 is 10.4. The van der Waals surface area contributed by atoms with Crippen molar-refractivity contribution in [3.05, 3.63) is 64.7 Å². The van der Waals surface area contributed by atoms with Crippen LogP contribution >= 0.6 is 23.4 Å². The first-order valence-electron chi connectivity index (χ1n) is 8.12. The van der Waals surface area contributed by atoms with Gasteiger partial charge < -0.3 is 14.8 Å². The predicted octanol–water partition coefficient (Wildman–Crippen LogP) is 4.42. The Balaban J connectivity index is 1.71. The molecule has 2 aromatic rings. The van der Waals surface area contributed by atoms with E-state index in [0.717, 1.165) is 22.1 Å². The van der Waals surface area contributed by atoms with E-state index in [1.807, 2.05) is 42.5 Å². The highest BCUT2D eigenvalue weighted by atomic mass is 35.5. The molecule has 0 radical (unpaired) electrons. The molecule has 2 aromatic carbocycles. The van der Waals surface area contributed by atoms with Crippen molar-refractivity contribution in [3.8, 4) is 11.5 Å². The lowest BCUT2D eigenvalue weighted by molar-refractivity contribution is -0.116. The van der Waals surface area contributed by atoms with Crippen molar-refractivity contribution < 1.29 is 14.3 Å². The summed E-state index contributed by atoms with van der Waals surface area (Å²) in [4.78, 5) is 11.9. The molecule has 0 saturated heterocycles. The molecule has 0 bridgehead atoms. The van der Waals surface area contributed by atoms with Gasteiger partial charge in [-0.2, -0.15) is 11.8 Å². The number of nitrogens with one attached hydrogen (secondary N) is 1. The number of ether oxygens (including phenoxy) is 2. The standard InChI is InChI=1S/C20H22ClNO3S/c1-24-18-9-5-15(13-19(18)25-2)6-10-20(23)22-11-12-26-14-16-3-7-17(21)8-4-16/h3-10,13H,11-12,14H2,1-2H3,(H,22,23)/b10-6+. The Kier molecular flexibility index (Phi) is 8.38. The molecule has 0 aromatic heterocycles. The minimum atomic E-state index is -0.119. The maximum Gasteiger partial charge on any atom is 0.244 e. The van der Waals surface area contributed by atoms with Gasteiger partial charge in [-0.05, 0) is 41.5 Å². The molecule has 2 rings (SSSR count). The fourth-order valence-corrected chi connectivity index (χ4v) is 3.15. The number of amides is 1. The molecule has 0 unspecified atom stereocenters. The van der Waals surface area contributed by atoms with E-state index in [-0.39, 0.29) is 5.91 Å². The van der Waals surface area contributed by atoms with Crippen molar-refractivity contribution in [3.63, 3.8) is 0 Å². The average Bonchev–Trinajstić information content (AvgIpc) is 2.67. The Morgan fingerprint density at radius 2 is 1.85 bits per heavy atom. The zero-order valence-electron chi connectivity index (χ0n) is 14.8. The second-order valence-corrected chi connectivity index (χ2v) is 6.96. The molecule has 1 amide bonds. The van der Waals surface area contributed by atoms with Crippen LogP contribution in [0, 0.1) is 0 Å². The predicted molar refractivity (Wildman–Crippen MR) is 109 cm³/mol. The summed E-state index contributed by atoms with van der Waals surface area (Å²) in [5, 5.41) is 3.62. The molecule has 0 fully saturated rings. The van der Waals surface area contributed by atoms with Gasteiger partial charge in [0.05, 0.1) is 14.2 Å². The SMILES string of the molecule is COc1ccc(/C=C/C(=O)NCCSCc2ccc(Cl)cc2)cc1OC. The summed E-state index contributed by atoms with van der Waals surface area (Å²) in [5.41, 5.74) is 2.09. The molecule has 1 N–H and O–H groups in total. The molecule has 138 valence electrons. The number of rotatable bonds is 9. The summed E-state index contributed by atoms with van der Waals surface area (Å²) in [6, 6.07) is 13.3. The first kappa shape index (κ1) is 20.2. The first-order chi connectivity index (χ1) is 12.6. The number of methoxy groups -OCH3 is 2. The monoisotopic (exact) mass is 391 g/mol. The van der Waals surface area contributed by atoms with E-state index < -0.39 is 0 Å². The number of halogens is 1. The van der Waals surface area contributed by atoms with Crippen LogP contribution in [0.1, 0.15) is 11.1 Å². The van der Waals surface area contributed by atoms with E-state index in [1.54, 1.807) is 32.1 Å². The number of hydrogen-bond acceptors (Lipinski definition) is 4. The van der Waals surface area contributed by atoms with Crippen LogP contribution in [0.25, 0.3) is 6.08 Å². The van der Waals surface area contributed by atoms with Crippen molar-refractivity contribution >= 4 is 35.3 Å². The molecule has 0 atom stereocenters. The van der Waals surface area contributed by atoms with Gasteiger partial charge in [0.1, 0.15) is 0 Å². The average molecular weight is 392 g/mol. The summed E-state index contributed by atoms with van der Waals surface area (Å²) >= 11 is 7.63. The van der Waals surface area contributed by atoms with Gasteiger partial charge in [-0.25, -0.2) is 0 Å². The Labute approximate surface area is 163 Å². The third kappa shape index (κ3) is 6.65. The normalized spacial score (nSPS) is 10.7. The minimum absolute atomic E-state index is 0.119.